The number of carbonyl (C=O) groups excluding carboxylic acids is 3. The van der Waals surface area contributed by atoms with Crippen molar-refractivity contribution < 1.29 is 23.9 Å². The van der Waals surface area contributed by atoms with E-state index in [0.29, 0.717) is 9.75 Å². The molecule has 0 amide bonds. The standard InChI is InChI=1S/C24H20O5S2/c1-3-29-24(27)21(22(25)18-12-13-19(31-18)23(26)28-2)20-14-8-4-6-10-16(14)30-17-11-7-5-9-15(17)20/h4-13,20-21H,3H2,1-2H3. The molecule has 0 saturated carbocycles. The number of hydrogen-bond acceptors (Lipinski definition) is 7. The van der Waals surface area contributed by atoms with Crippen LogP contribution in [-0.2, 0) is 14.3 Å². The zero-order chi connectivity index (χ0) is 22.0. The molecule has 3 aromatic rings. The molecule has 0 aliphatic carbocycles. The van der Waals surface area contributed by atoms with Crippen LogP contribution in [0.3, 0.4) is 0 Å². The predicted molar refractivity (Wildman–Crippen MR) is 119 cm³/mol. The number of fused-ring (bicyclic) bond motifs is 2. The van der Waals surface area contributed by atoms with Gasteiger partial charge >= 0.3 is 11.9 Å². The van der Waals surface area contributed by atoms with E-state index in [1.807, 2.05) is 48.5 Å². The quantitative estimate of drug-likeness (QED) is 0.291. The Labute approximate surface area is 188 Å². The van der Waals surface area contributed by atoms with Crippen LogP contribution in [0.25, 0.3) is 0 Å². The van der Waals surface area contributed by atoms with Crippen molar-refractivity contribution in [2.24, 2.45) is 5.92 Å². The molecule has 2 aromatic carbocycles. The summed E-state index contributed by atoms with van der Waals surface area (Å²) in [5.41, 5.74) is 1.84. The van der Waals surface area contributed by atoms with Crippen molar-refractivity contribution >= 4 is 40.8 Å². The SMILES string of the molecule is CCOC(=O)C(C(=O)c1ccc(C(=O)OC)s1)C1c2ccccc2Sc2ccccc21. The molecule has 7 heteroatoms. The molecular formula is C24H20O5S2. The molecule has 0 N–H and O–H groups in total. The first-order valence-electron chi connectivity index (χ1n) is 9.79. The van der Waals surface area contributed by atoms with Gasteiger partial charge in [0.1, 0.15) is 10.8 Å². The fourth-order valence-electron chi connectivity index (χ4n) is 3.77. The first-order chi connectivity index (χ1) is 15.0. The molecule has 1 aromatic heterocycles. The van der Waals surface area contributed by atoms with Crippen LogP contribution in [-0.4, -0.2) is 31.4 Å². The second-order valence-electron chi connectivity index (χ2n) is 6.90. The van der Waals surface area contributed by atoms with Crippen LogP contribution in [0.15, 0.2) is 70.5 Å². The lowest BCUT2D eigenvalue weighted by atomic mass is 9.77. The van der Waals surface area contributed by atoms with Crippen molar-refractivity contribution in [1.82, 2.24) is 0 Å². The normalized spacial score (nSPS) is 13.6. The summed E-state index contributed by atoms with van der Waals surface area (Å²) in [5.74, 6) is -2.99. The molecule has 0 bridgehead atoms. The summed E-state index contributed by atoms with van der Waals surface area (Å²) in [7, 11) is 1.29. The molecule has 0 radical (unpaired) electrons. The topological polar surface area (TPSA) is 69.7 Å². The number of ether oxygens (including phenoxy) is 2. The lowest BCUT2D eigenvalue weighted by Gasteiger charge is -2.31. The highest BCUT2D eigenvalue weighted by Crippen LogP contribution is 2.49. The van der Waals surface area contributed by atoms with Crippen molar-refractivity contribution in [2.45, 2.75) is 22.6 Å². The van der Waals surface area contributed by atoms with Gasteiger partial charge in [0.25, 0.3) is 0 Å². The largest absolute Gasteiger partial charge is 0.465 e. The van der Waals surface area contributed by atoms with E-state index in [-0.39, 0.29) is 12.4 Å². The molecule has 158 valence electrons. The number of esters is 2. The highest BCUT2D eigenvalue weighted by Gasteiger charge is 2.42. The van der Waals surface area contributed by atoms with Crippen molar-refractivity contribution in [3.05, 3.63) is 81.5 Å². The molecule has 0 spiro atoms. The fraction of sp³-hybridized carbons (Fsp3) is 0.208. The molecule has 4 rings (SSSR count). The van der Waals surface area contributed by atoms with Gasteiger partial charge in [-0.15, -0.1) is 11.3 Å². The van der Waals surface area contributed by atoms with Gasteiger partial charge in [-0.3, -0.25) is 9.59 Å². The zero-order valence-electron chi connectivity index (χ0n) is 17.0. The van der Waals surface area contributed by atoms with Crippen molar-refractivity contribution in [3.63, 3.8) is 0 Å². The van der Waals surface area contributed by atoms with Gasteiger partial charge in [-0.25, -0.2) is 4.79 Å². The van der Waals surface area contributed by atoms with E-state index in [2.05, 4.69) is 0 Å². The van der Waals surface area contributed by atoms with Crippen molar-refractivity contribution in [2.75, 3.05) is 13.7 Å². The molecule has 1 aliphatic rings. The number of carbonyl (C=O) groups is 3. The molecule has 0 saturated heterocycles. The molecule has 1 unspecified atom stereocenters. The molecular weight excluding hydrogens is 432 g/mol. The van der Waals surface area contributed by atoms with E-state index in [1.165, 1.54) is 7.11 Å². The van der Waals surface area contributed by atoms with Gasteiger partial charge in [-0.05, 0) is 42.3 Å². The van der Waals surface area contributed by atoms with E-state index in [1.54, 1.807) is 30.8 Å². The van der Waals surface area contributed by atoms with Crippen LogP contribution < -0.4 is 0 Å². The van der Waals surface area contributed by atoms with Gasteiger partial charge in [0.15, 0.2) is 5.78 Å². The summed E-state index contributed by atoms with van der Waals surface area (Å²) in [6.45, 7) is 1.89. The van der Waals surface area contributed by atoms with E-state index in [4.69, 9.17) is 9.47 Å². The maximum absolute atomic E-state index is 13.7. The third kappa shape index (κ3) is 4.03. The number of hydrogen-bond donors (Lipinski definition) is 0. The minimum Gasteiger partial charge on any atom is -0.465 e. The number of thiophene rings is 1. The van der Waals surface area contributed by atoms with Crippen LogP contribution in [0.5, 0.6) is 0 Å². The highest BCUT2D eigenvalue weighted by atomic mass is 32.2. The Bertz CT molecular complexity index is 1100. The van der Waals surface area contributed by atoms with Gasteiger partial charge in [-0.2, -0.15) is 0 Å². The summed E-state index contributed by atoms with van der Waals surface area (Å²) in [6, 6.07) is 18.7. The number of benzene rings is 2. The van der Waals surface area contributed by atoms with E-state index in [0.717, 1.165) is 32.3 Å². The summed E-state index contributed by atoms with van der Waals surface area (Å²) >= 11 is 2.65. The summed E-state index contributed by atoms with van der Waals surface area (Å²) in [4.78, 5) is 41.3. The van der Waals surface area contributed by atoms with Crippen molar-refractivity contribution in [1.29, 1.82) is 0 Å². The monoisotopic (exact) mass is 452 g/mol. The van der Waals surface area contributed by atoms with E-state index in [9.17, 15) is 14.4 Å². The fourth-order valence-corrected chi connectivity index (χ4v) is 5.83. The third-order valence-corrected chi connectivity index (χ3v) is 7.38. The van der Waals surface area contributed by atoms with Gasteiger partial charge in [0.05, 0.1) is 18.6 Å². The van der Waals surface area contributed by atoms with Crippen LogP contribution in [0.2, 0.25) is 0 Å². The molecule has 31 heavy (non-hydrogen) atoms. The van der Waals surface area contributed by atoms with E-state index >= 15 is 0 Å². The minimum absolute atomic E-state index is 0.172. The lowest BCUT2D eigenvalue weighted by molar-refractivity contribution is -0.146. The Morgan fingerprint density at radius 3 is 2.06 bits per heavy atom. The van der Waals surface area contributed by atoms with E-state index < -0.39 is 23.8 Å². The van der Waals surface area contributed by atoms with Crippen LogP contribution >= 0.6 is 23.1 Å². The second kappa shape index (κ2) is 9.08. The first-order valence-corrected chi connectivity index (χ1v) is 11.4. The van der Waals surface area contributed by atoms with Gasteiger partial charge < -0.3 is 9.47 Å². The summed E-state index contributed by atoms with van der Waals surface area (Å²) < 4.78 is 10.1. The summed E-state index contributed by atoms with van der Waals surface area (Å²) in [6.07, 6.45) is 0. The molecule has 0 fully saturated rings. The Kier molecular flexibility index (Phi) is 6.25. The van der Waals surface area contributed by atoms with Crippen LogP contribution in [0.1, 0.15) is 43.3 Å². The summed E-state index contributed by atoms with van der Waals surface area (Å²) in [5, 5.41) is 0. The smallest absolute Gasteiger partial charge is 0.348 e. The average Bonchev–Trinajstić information content (AvgIpc) is 3.29. The third-order valence-electron chi connectivity index (χ3n) is 5.12. The number of methoxy groups -OCH3 is 1. The Hall–Kier alpha value is -2.90. The lowest BCUT2D eigenvalue weighted by Crippen LogP contribution is -2.33. The van der Waals surface area contributed by atoms with Gasteiger partial charge in [-0.1, -0.05) is 48.2 Å². The number of rotatable bonds is 6. The molecule has 5 nitrogen and oxygen atoms in total. The van der Waals surface area contributed by atoms with Gasteiger partial charge in [0.2, 0.25) is 0 Å². The zero-order valence-corrected chi connectivity index (χ0v) is 18.6. The maximum atomic E-state index is 13.7. The Morgan fingerprint density at radius 1 is 0.903 bits per heavy atom. The van der Waals surface area contributed by atoms with Gasteiger partial charge in [0, 0.05) is 15.7 Å². The maximum Gasteiger partial charge on any atom is 0.348 e. The second-order valence-corrected chi connectivity index (χ2v) is 9.07. The van der Waals surface area contributed by atoms with Crippen LogP contribution in [0.4, 0.5) is 0 Å². The first kappa shape index (κ1) is 21.3. The Balaban J connectivity index is 1.84. The average molecular weight is 453 g/mol. The Morgan fingerprint density at radius 2 is 1.48 bits per heavy atom. The predicted octanol–water partition coefficient (Wildman–Crippen LogP) is 5.19. The number of ketones is 1. The minimum atomic E-state index is -1.06. The van der Waals surface area contributed by atoms with Crippen molar-refractivity contribution in [3.8, 4) is 0 Å². The number of Topliss-reactive ketones (excluding diaryl/α,β-unsaturated/α-hetero) is 1. The molecule has 1 aliphatic heterocycles. The highest BCUT2D eigenvalue weighted by molar-refractivity contribution is 7.99. The van der Waals surface area contributed by atoms with Crippen LogP contribution in [0, 0.1) is 5.92 Å². The molecule has 2 heterocycles. The molecule has 1 atom stereocenters.